The zero-order valence-electron chi connectivity index (χ0n) is 16.0. The molecule has 144 valence electrons. The molecule has 0 aliphatic rings. The molecule has 0 atom stereocenters. The molecule has 1 aromatic heterocycles. The number of rotatable bonds is 9. The number of nitrogens with zero attached hydrogens (tertiary/aromatic N) is 1. The van der Waals surface area contributed by atoms with Gasteiger partial charge in [0, 0.05) is 24.0 Å². The van der Waals surface area contributed by atoms with E-state index >= 15 is 0 Å². The second-order valence-corrected chi connectivity index (χ2v) is 7.47. The van der Waals surface area contributed by atoms with Gasteiger partial charge >= 0.3 is 0 Å². The Hall–Kier alpha value is -2.05. The Morgan fingerprint density at radius 2 is 2.00 bits per heavy atom. The molecular formula is C21H26BrN3O2. The van der Waals surface area contributed by atoms with Gasteiger partial charge in [-0.2, -0.15) is 0 Å². The maximum Gasteiger partial charge on any atom is 0.162 e. The molecular weight excluding hydrogens is 406 g/mol. The van der Waals surface area contributed by atoms with E-state index in [9.17, 15) is 0 Å². The third kappa shape index (κ3) is 5.23. The van der Waals surface area contributed by atoms with Crippen LogP contribution in [-0.4, -0.2) is 29.2 Å². The van der Waals surface area contributed by atoms with Crippen molar-refractivity contribution in [1.82, 2.24) is 15.3 Å². The number of aromatic amines is 1. The van der Waals surface area contributed by atoms with Gasteiger partial charge in [0.25, 0.3) is 0 Å². The number of H-pyrrole nitrogens is 1. The zero-order valence-corrected chi connectivity index (χ0v) is 17.6. The summed E-state index contributed by atoms with van der Waals surface area (Å²) in [6, 6.07) is 12.1. The van der Waals surface area contributed by atoms with Crippen LogP contribution in [0.15, 0.2) is 40.9 Å². The average Bonchev–Trinajstić information content (AvgIpc) is 3.04. The first-order chi connectivity index (χ1) is 13.1. The first kappa shape index (κ1) is 19.7. The van der Waals surface area contributed by atoms with Crippen molar-refractivity contribution >= 4 is 27.0 Å². The molecule has 3 aromatic rings. The summed E-state index contributed by atoms with van der Waals surface area (Å²) in [5, 5.41) is 3.48. The summed E-state index contributed by atoms with van der Waals surface area (Å²) in [7, 11) is 0. The fourth-order valence-electron chi connectivity index (χ4n) is 2.88. The lowest BCUT2D eigenvalue weighted by molar-refractivity contribution is 0.223. The van der Waals surface area contributed by atoms with E-state index in [2.05, 4.69) is 31.2 Å². The van der Waals surface area contributed by atoms with Gasteiger partial charge < -0.3 is 19.8 Å². The number of nitrogens with one attached hydrogen (secondary N) is 2. The van der Waals surface area contributed by atoms with Crippen molar-refractivity contribution in [2.75, 3.05) is 13.2 Å². The van der Waals surface area contributed by atoms with Gasteiger partial charge in [-0.3, -0.25) is 0 Å². The zero-order chi connectivity index (χ0) is 19.2. The summed E-state index contributed by atoms with van der Waals surface area (Å²) >= 11 is 3.65. The highest BCUT2D eigenvalue weighted by Crippen LogP contribution is 2.34. The third-order valence-corrected chi connectivity index (χ3v) is 4.81. The molecule has 0 amide bonds. The SMILES string of the molecule is CCOc1cc(CNCCc2nc3ccccc3[nH]2)c(Br)cc1OC(C)C. The van der Waals surface area contributed by atoms with Gasteiger partial charge in [-0.05, 0) is 50.6 Å². The summed E-state index contributed by atoms with van der Waals surface area (Å²) in [6.45, 7) is 8.18. The lowest BCUT2D eigenvalue weighted by Gasteiger charge is -2.17. The summed E-state index contributed by atoms with van der Waals surface area (Å²) < 4.78 is 12.6. The van der Waals surface area contributed by atoms with Crippen molar-refractivity contribution < 1.29 is 9.47 Å². The second-order valence-electron chi connectivity index (χ2n) is 6.62. The molecule has 0 fully saturated rings. The number of imidazole rings is 1. The van der Waals surface area contributed by atoms with Gasteiger partial charge in [0.15, 0.2) is 11.5 Å². The van der Waals surface area contributed by atoms with Gasteiger partial charge in [0.05, 0.1) is 23.7 Å². The summed E-state index contributed by atoms with van der Waals surface area (Å²) in [4.78, 5) is 7.97. The lowest BCUT2D eigenvalue weighted by Crippen LogP contribution is -2.17. The minimum Gasteiger partial charge on any atom is -0.490 e. The van der Waals surface area contributed by atoms with Crippen molar-refractivity contribution in [3.05, 3.63) is 52.3 Å². The van der Waals surface area contributed by atoms with E-state index in [1.807, 2.05) is 57.2 Å². The van der Waals surface area contributed by atoms with E-state index in [0.717, 1.165) is 57.9 Å². The Morgan fingerprint density at radius 1 is 1.19 bits per heavy atom. The number of para-hydroxylation sites is 2. The van der Waals surface area contributed by atoms with Crippen LogP contribution in [0, 0.1) is 0 Å². The lowest BCUT2D eigenvalue weighted by atomic mass is 10.2. The highest BCUT2D eigenvalue weighted by Gasteiger charge is 2.12. The Bertz CT molecular complexity index is 859. The predicted molar refractivity (Wildman–Crippen MR) is 113 cm³/mol. The number of fused-ring (bicyclic) bond motifs is 1. The number of hydrogen-bond acceptors (Lipinski definition) is 4. The van der Waals surface area contributed by atoms with Crippen LogP contribution < -0.4 is 14.8 Å². The van der Waals surface area contributed by atoms with Gasteiger partial charge in [0.1, 0.15) is 5.82 Å². The molecule has 6 heteroatoms. The van der Waals surface area contributed by atoms with Crippen molar-refractivity contribution in [2.45, 2.75) is 39.8 Å². The number of halogens is 1. The fraction of sp³-hybridized carbons (Fsp3) is 0.381. The molecule has 0 unspecified atom stereocenters. The number of benzene rings is 2. The standard InChI is InChI=1S/C21H26BrN3O2/c1-4-26-19-11-15(16(22)12-20(19)27-14(2)3)13-23-10-9-21-24-17-7-5-6-8-18(17)25-21/h5-8,11-12,14,23H,4,9-10,13H2,1-3H3,(H,24,25). The highest BCUT2D eigenvalue weighted by atomic mass is 79.9. The minimum absolute atomic E-state index is 0.101. The fourth-order valence-corrected chi connectivity index (χ4v) is 3.34. The van der Waals surface area contributed by atoms with Gasteiger partial charge in [-0.1, -0.05) is 28.1 Å². The maximum absolute atomic E-state index is 5.86. The number of hydrogen-bond donors (Lipinski definition) is 2. The van der Waals surface area contributed by atoms with Crippen LogP contribution in [0.25, 0.3) is 11.0 Å². The monoisotopic (exact) mass is 431 g/mol. The molecule has 27 heavy (non-hydrogen) atoms. The predicted octanol–water partition coefficient (Wildman–Crippen LogP) is 4.84. The minimum atomic E-state index is 0.101. The van der Waals surface area contributed by atoms with E-state index in [1.165, 1.54) is 0 Å². The van der Waals surface area contributed by atoms with E-state index in [4.69, 9.17) is 9.47 Å². The van der Waals surface area contributed by atoms with Crippen molar-refractivity contribution in [3.8, 4) is 11.5 Å². The molecule has 0 saturated carbocycles. The van der Waals surface area contributed by atoms with Gasteiger partial charge in [-0.25, -0.2) is 4.98 Å². The summed E-state index contributed by atoms with van der Waals surface area (Å²) in [5.74, 6) is 2.55. The summed E-state index contributed by atoms with van der Waals surface area (Å²) in [6.07, 6.45) is 0.947. The van der Waals surface area contributed by atoms with E-state index in [1.54, 1.807) is 0 Å². The topological polar surface area (TPSA) is 59.2 Å². The highest BCUT2D eigenvalue weighted by molar-refractivity contribution is 9.10. The first-order valence-corrected chi connectivity index (χ1v) is 10.1. The maximum atomic E-state index is 5.86. The molecule has 2 aromatic carbocycles. The van der Waals surface area contributed by atoms with Crippen LogP contribution in [0.4, 0.5) is 0 Å². The van der Waals surface area contributed by atoms with Crippen LogP contribution >= 0.6 is 15.9 Å². The number of aromatic nitrogens is 2. The molecule has 0 saturated heterocycles. The van der Waals surface area contributed by atoms with E-state index < -0.39 is 0 Å². The molecule has 1 heterocycles. The Labute approximate surface area is 168 Å². The molecule has 2 N–H and O–H groups in total. The smallest absolute Gasteiger partial charge is 0.162 e. The quantitative estimate of drug-likeness (QED) is 0.475. The van der Waals surface area contributed by atoms with E-state index in [0.29, 0.717) is 6.61 Å². The van der Waals surface area contributed by atoms with Crippen LogP contribution in [0.3, 0.4) is 0 Å². The molecule has 0 spiro atoms. The second kappa shape index (κ2) is 9.24. The van der Waals surface area contributed by atoms with Crippen LogP contribution in [-0.2, 0) is 13.0 Å². The molecule has 0 aliphatic heterocycles. The molecule has 0 radical (unpaired) electrons. The molecule has 0 bridgehead atoms. The summed E-state index contributed by atoms with van der Waals surface area (Å²) in [5.41, 5.74) is 3.23. The van der Waals surface area contributed by atoms with Crippen LogP contribution in [0.1, 0.15) is 32.2 Å². The van der Waals surface area contributed by atoms with Crippen molar-refractivity contribution in [2.24, 2.45) is 0 Å². The van der Waals surface area contributed by atoms with Crippen molar-refractivity contribution in [1.29, 1.82) is 0 Å². The molecule has 3 rings (SSSR count). The van der Waals surface area contributed by atoms with Gasteiger partial charge in [0.2, 0.25) is 0 Å². The third-order valence-electron chi connectivity index (χ3n) is 4.07. The molecule has 0 aliphatic carbocycles. The van der Waals surface area contributed by atoms with Crippen molar-refractivity contribution in [3.63, 3.8) is 0 Å². The largest absolute Gasteiger partial charge is 0.490 e. The van der Waals surface area contributed by atoms with Gasteiger partial charge in [-0.15, -0.1) is 0 Å². The average molecular weight is 432 g/mol. The van der Waals surface area contributed by atoms with Crippen LogP contribution in [0.2, 0.25) is 0 Å². The first-order valence-electron chi connectivity index (χ1n) is 9.33. The normalized spacial score (nSPS) is 11.3. The number of ether oxygens (including phenoxy) is 2. The molecule has 5 nitrogen and oxygen atoms in total. The Morgan fingerprint density at radius 3 is 2.74 bits per heavy atom. The van der Waals surface area contributed by atoms with Crippen LogP contribution in [0.5, 0.6) is 11.5 Å². The van der Waals surface area contributed by atoms with E-state index in [-0.39, 0.29) is 6.10 Å². The Kier molecular flexibility index (Phi) is 6.74. The Balaban J connectivity index is 1.60.